The fourth-order valence-corrected chi connectivity index (χ4v) is 17.1. The Labute approximate surface area is 766 Å². The molecule has 42 nitrogen and oxygen atoms in total. The van der Waals surface area contributed by atoms with Crippen LogP contribution in [0, 0.1) is 5.92 Å². The third-order valence-corrected chi connectivity index (χ3v) is 24.6. The molecule has 0 radical (unpaired) electrons. The Morgan fingerprint density at radius 3 is 1.70 bits per heavy atom. The van der Waals surface area contributed by atoms with Crippen molar-refractivity contribution in [1.82, 2.24) is 42.5 Å². The minimum absolute atomic E-state index is 0.0270. The van der Waals surface area contributed by atoms with Crippen LogP contribution in [0.1, 0.15) is 141 Å². The number of aliphatic carboxylic acids is 1. The van der Waals surface area contributed by atoms with E-state index in [9.17, 15) is 95.8 Å². The van der Waals surface area contributed by atoms with Crippen molar-refractivity contribution in [3.8, 4) is 80.1 Å². The molecule has 44 heteroatoms. The molecule has 133 heavy (non-hydrogen) atoms. The maximum atomic E-state index is 17.0. The number of carbonyl (C=O) groups excluding carboxylic acids is 8. The second kappa shape index (κ2) is 41.2. The van der Waals surface area contributed by atoms with E-state index in [-0.39, 0.29) is 39.8 Å². The zero-order valence-electron chi connectivity index (χ0n) is 71.0. The van der Waals surface area contributed by atoms with E-state index in [0.29, 0.717) is 18.8 Å². The Morgan fingerprint density at radius 1 is 0.511 bits per heavy atom. The lowest BCUT2D eigenvalue weighted by molar-refractivity contribution is -0.284. The number of carbonyl (C=O) groups is 9. The van der Waals surface area contributed by atoms with Gasteiger partial charge in [0, 0.05) is 48.6 Å². The van der Waals surface area contributed by atoms with Gasteiger partial charge in [0.2, 0.25) is 65.6 Å². The molecule has 2 unspecified atom stereocenters. The number of benzene rings is 7. The molecule has 9 heterocycles. The van der Waals surface area contributed by atoms with Crippen molar-refractivity contribution >= 4 is 76.4 Å². The fourth-order valence-electron chi connectivity index (χ4n) is 16.6. The van der Waals surface area contributed by atoms with Gasteiger partial charge < -0.3 is 167 Å². The second-order valence-corrected chi connectivity index (χ2v) is 34.1. The molecule has 24 atom stereocenters. The van der Waals surface area contributed by atoms with Gasteiger partial charge in [0.05, 0.1) is 29.9 Å². The summed E-state index contributed by atoms with van der Waals surface area (Å²) in [5.41, 5.74) is 2.80. The molecule has 712 valence electrons. The predicted molar refractivity (Wildman–Crippen MR) is 458 cm³/mol. The summed E-state index contributed by atoms with van der Waals surface area (Å²) in [7, 11) is 0. The van der Waals surface area contributed by atoms with E-state index in [0.717, 1.165) is 118 Å². The Hall–Kier alpha value is -12.1. The van der Waals surface area contributed by atoms with Gasteiger partial charge in [0.1, 0.15) is 156 Å². The van der Waals surface area contributed by atoms with Crippen molar-refractivity contribution in [2.24, 2.45) is 11.7 Å². The van der Waals surface area contributed by atoms with E-state index in [1.165, 1.54) is 30.3 Å². The highest BCUT2D eigenvalue weighted by atomic mass is 35.5. The number of nitrogens with one attached hydrogen (secondary N) is 8. The van der Waals surface area contributed by atoms with E-state index in [1.807, 2.05) is 0 Å². The third-order valence-electron chi connectivity index (χ3n) is 24.0. The fraction of sp³-hybridized carbons (Fsp3) is 0.427. The summed E-state index contributed by atoms with van der Waals surface area (Å²) in [5, 5.41) is 190. The number of nitrogens with two attached hydrogens (primary N) is 1. The van der Waals surface area contributed by atoms with E-state index >= 15 is 24.0 Å². The Kier molecular flexibility index (Phi) is 30.0. The smallest absolute Gasteiger partial charge is 0.330 e. The molecule has 0 saturated carbocycles. The van der Waals surface area contributed by atoms with Crippen LogP contribution in [0.3, 0.4) is 0 Å². The number of phenols is 4. The maximum Gasteiger partial charge on any atom is 0.330 e. The van der Waals surface area contributed by atoms with Crippen molar-refractivity contribution in [2.75, 3.05) is 19.8 Å². The maximum absolute atomic E-state index is 17.0. The van der Waals surface area contributed by atoms with Gasteiger partial charge in [-0.2, -0.15) is 0 Å². The summed E-state index contributed by atoms with van der Waals surface area (Å²) < 4.78 is 57.5. The van der Waals surface area contributed by atoms with E-state index < -0.39 is 316 Å². The van der Waals surface area contributed by atoms with Crippen LogP contribution in [0.2, 0.25) is 10.0 Å². The first-order chi connectivity index (χ1) is 63.4. The van der Waals surface area contributed by atoms with Crippen molar-refractivity contribution in [1.29, 1.82) is 0 Å². The van der Waals surface area contributed by atoms with Crippen molar-refractivity contribution in [3.63, 3.8) is 0 Å². The Morgan fingerprint density at radius 2 is 1.07 bits per heavy atom. The monoisotopic (exact) mass is 1890 g/mol. The molecule has 25 N–H and O–H groups in total. The number of aliphatic hydroxyl groups is 10. The molecule has 3 fully saturated rings. The van der Waals surface area contributed by atoms with Gasteiger partial charge in [0.25, 0.3) is 0 Å². The number of amides is 8. The summed E-state index contributed by atoms with van der Waals surface area (Å²) in [6.07, 6.45) is -24.9. The number of rotatable bonds is 20. The number of unbranched alkanes of at least 4 members (excludes halogenated alkanes) is 3. The minimum Gasteiger partial charge on any atom is -0.508 e. The zero-order valence-corrected chi connectivity index (χ0v) is 72.5. The number of carboxylic acid groups (broad SMARTS) is 1. The van der Waals surface area contributed by atoms with E-state index in [4.69, 9.17) is 71.6 Å². The largest absolute Gasteiger partial charge is 0.508 e. The predicted octanol–water partition coefficient (Wildman–Crippen LogP) is 1.41. The molecule has 7 aromatic carbocycles. The average Bonchev–Trinajstić information content (AvgIpc) is 0.763. The van der Waals surface area contributed by atoms with Gasteiger partial charge in [0.15, 0.2) is 35.3 Å². The molecule has 0 aliphatic carbocycles. The molecule has 17 bridgehead atoms. The number of halogens is 2. The first kappa shape index (κ1) is 97.0. The van der Waals surface area contributed by atoms with Gasteiger partial charge in [-0.05, 0) is 125 Å². The first-order valence-electron chi connectivity index (χ1n) is 42.5. The number of aromatic hydroxyl groups is 4. The van der Waals surface area contributed by atoms with Crippen LogP contribution in [0.25, 0.3) is 11.1 Å². The van der Waals surface area contributed by atoms with Crippen LogP contribution < -0.4 is 72.0 Å². The quantitative estimate of drug-likeness (QED) is 0.0480. The number of ether oxygens (including phenoxy) is 9. The number of hydrogen-bond acceptors (Lipinski definition) is 33. The van der Waals surface area contributed by atoms with Gasteiger partial charge in [-0.25, -0.2) is 4.79 Å². The molecule has 9 aliphatic rings. The van der Waals surface area contributed by atoms with Crippen LogP contribution in [-0.2, 0) is 68.5 Å². The SMILES string of the molecule is CCC(C)CCCCCCC(=O)N[C@@H]1[C@H](Oc2c3cc4cc2Oc2ccc(cc2Cl)[C@@H](O[C@@H]2O[C@H](CO)[C@@H](O)[C@H](O)[C@H]2NC(C)=O)[C@@H]2NC(=O)[C@H](NC(=O)[C@@H]4NC(=O)[C@H]4NC(=O)[C@@H](Cc5ccc(c(Cl)c5)O3)NC(=O)[C@H](N)c3ccc(O)c(c3)Oc3cc(O)cc4c3)c3ccc(O)c(c3)-c3c(O[C@H]4O[C@H](CO)[C@@H](O)[C@H](O)[C@@H]4O)cc(O)cc3C(C(=O)O)NC2=O)O[C@@H](CO)[C@H](O)[C@H]1O. The van der Waals surface area contributed by atoms with Crippen LogP contribution in [0.5, 0.6) is 69.0 Å². The highest BCUT2D eigenvalue weighted by Gasteiger charge is 2.52. The van der Waals surface area contributed by atoms with Crippen molar-refractivity contribution in [3.05, 3.63) is 164 Å². The molecule has 8 amide bonds. The average molecular weight is 1890 g/mol. The first-order valence-corrected chi connectivity index (χ1v) is 43.2. The van der Waals surface area contributed by atoms with E-state index in [2.05, 4.69) is 56.4 Å². The highest BCUT2D eigenvalue weighted by molar-refractivity contribution is 6.32. The molecular formula is C89H99Cl2N9O33. The summed E-state index contributed by atoms with van der Waals surface area (Å²) in [6.45, 7) is 2.03. The minimum atomic E-state index is -2.59. The molecular weight excluding hydrogens is 1790 g/mol. The molecule has 7 aromatic rings. The molecule has 0 aromatic heterocycles. The molecule has 3 saturated heterocycles. The van der Waals surface area contributed by atoms with Crippen LogP contribution in [0.15, 0.2) is 115 Å². The lowest BCUT2D eigenvalue weighted by atomic mass is 9.89. The highest BCUT2D eigenvalue weighted by Crippen LogP contribution is 2.51. The summed E-state index contributed by atoms with van der Waals surface area (Å²) in [6, 6.07) is 0.677. The molecule has 0 spiro atoms. The summed E-state index contributed by atoms with van der Waals surface area (Å²) >= 11 is 14.7. The number of fused-ring (bicyclic) bond motifs is 14. The summed E-state index contributed by atoms with van der Waals surface area (Å²) in [4.78, 5) is 138. The topological polar surface area (TPSA) is 662 Å². The molecule has 9 aliphatic heterocycles. The van der Waals surface area contributed by atoms with Crippen LogP contribution in [-0.4, -0.2) is 254 Å². The van der Waals surface area contributed by atoms with Crippen molar-refractivity contribution in [2.45, 2.75) is 213 Å². The lowest BCUT2D eigenvalue weighted by Gasteiger charge is -2.44. The van der Waals surface area contributed by atoms with E-state index in [1.54, 1.807) is 0 Å². The third kappa shape index (κ3) is 21.1. The number of aliphatic hydroxyl groups excluding tert-OH is 10. The van der Waals surface area contributed by atoms with Crippen LogP contribution in [0.4, 0.5) is 0 Å². The lowest BCUT2D eigenvalue weighted by Crippen LogP contribution is -2.65. The van der Waals surface area contributed by atoms with Gasteiger partial charge >= 0.3 is 5.97 Å². The Bertz CT molecular complexity index is 5580. The normalized spacial score (nSPS) is 29.0. The van der Waals surface area contributed by atoms with Crippen LogP contribution >= 0.6 is 23.2 Å². The van der Waals surface area contributed by atoms with Gasteiger partial charge in [-0.3, -0.25) is 38.4 Å². The zero-order chi connectivity index (χ0) is 95.6. The summed E-state index contributed by atoms with van der Waals surface area (Å²) in [5.74, 6) is -19.1. The van der Waals surface area contributed by atoms with Crippen molar-refractivity contribution < 1.29 is 162 Å². The Balaban J connectivity index is 1.03. The second-order valence-electron chi connectivity index (χ2n) is 33.3. The number of carboxylic acids is 1. The standard InChI is InChI=1S/C89H99Cl2N9O33/c1-4-34(2)9-7-5-6-8-10-61(109)95-69-75(114)72(111)59(32-102)130-88(69)133-79-56-26-41-27-57(79)127-53-18-14-39(24-48(53)91)78(132-87-68(93-35(3)104)74(113)71(110)58(31-101)129-87)70-85(122)99-67(86(123)124)46-29-43(106)30-55(128-89-77(116)76(115)73(112)60(33-103)131-89)62(46)45-23-38(13-15-50(45)107)64(82(119)100-70)97-84(121)66(41)98-83(120)65-40-21-42(105)28-44(22-40)125-54-25-37(12-16-51(54)108)63(92)81(118)94-49(80(117)96-65)20-36-11-17-52(126-56)47(90)19-36/h11-19,21-30,34,49,58-60,63-78,87-89,101-103,105-108,110-116H,4-10,20,31-33,92H2,1-3H3,(H,93,104)(H,94,118)(H,95,109)(H,96,117)(H,97,121)(H,98,120)(H,99,122)(H,100,119)(H,123,124)/t34?,49-,58-,59+,60-,63-,64-,65+,66-,67?,68-,69+,70+,71-,72+,73-,74-,75+,76+,77+,78-,87+,88+,89+/m1/s1. The van der Waals surface area contributed by atoms with Gasteiger partial charge in [-0.15, -0.1) is 0 Å². The molecule has 16 rings (SSSR count). The number of hydrogen-bond donors (Lipinski definition) is 24. The number of phenolic OH excluding ortho intramolecular Hbond substituents is 4. The van der Waals surface area contributed by atoms with Gasteiger partial charge in [-0.1, -0.05) is 93.4 Å².